The summed E-state index contributed by atoms with van der Waals surface area (Å²) in [5.74, 6) is -0.0645. The van der Waals surface area contributed by atoms with Crippen molar-refractivity contribution in [2.45, 2.75) is 251 Å². The molecule has 0 rings (SSSR count). The molecule has 3 N–H and O–H groups in total. The van der Waals surface area contributed by atoms with Crippen LogP contribution in [0.25, 0.3) is 0 Å². The van der Waals surface area contributed by atoms with Crippen LogP contribution in [0.15, 0.2) is 85.1 Å². The maximum atomic E-state index is 12.4. The molecule has 4 heteroatoms. The van der Waals surface area contributed by atoms with Gasteiger partial charge in [-0.15, -0.1) is 0 Å². The first-order valence-corrected chi connectivity index (χ1v) is 25.3. The van der Waals surface area contributed by atoms with Crippen LogP contribution in [0.5, 0.6) is 0 Å². The summed E-state index contributed by atoms with van der Waals surface area (Å²) < 4.78 is 0. The van der Waals surface area contributed by atoms with Crippen LogP contribution < -0.4 is 5.32 Å². The monoisotopic (exact) mass is 820 g/mol. The minimum Gasteiger partial charge on any atom is -0.394 e. The third-order valence-electron chi connectivity index (χ3n) is 11.2. The van der Waals surface area contributed by atoms with E-state index in [9.17, 15) is 15.0 Å². The molecule has 0 aromatic rings. The molecular weight excluding hydrogens is 723 g/mol. The van der Waals surface area contributed by atoms with Crippen molar-refractivity contribution >= 4 is 5.91 Å². The fourth-order valence-electron chi connectivity index (χ4n) is 7.34. The minimum absolute atomic E-state index is 0.0645. The maximum Gasteiger partial charge on any atom is 0.220 e. The van der Waals surface area contributed by atoms with E-state index in [0.717, 1.165) is 83.5 Å². The molecule has 1 amide bonds. The number of aliphatic hydroxyl groups excluding tert-OH is 2. The Balaban J connectivity index is 3.61. The number of amides is 1. The highest BCUT2D eigenvalue weighted by Crippen LogP contribution is 2.16. The average molecular weight is 820 g/mol. The van der Waals surface area contributed by atoms with E-state index >= 15 is 0 Å². The summed E-state index contributed by atoms with van der Waals surface area (Å²) in [7, 11) is 0. The van der Waals surface area contributed by atoms with Gasteiger partial charge in [0.15, 0.2) is 0 Å². The van der Waals surface area contributed by atoms with Gasteiger partial charge in [0.05, 0.1) is 18.8 Å². The topological polar surface area (TPSA) is 69.6 Å². The fraction of sp³-hybridized carbons (Fsp3) is 0.727. The van der Waals surface area contributed by atoms with Crippen LogP contribution in [0.1, 0.15) is 239 Å². The van der Waals surface area contributed by atoms with Crippen molar-refractivity contribution in [3.05, 3.63) is 85.1 Å². The number of hydrogen-bond acceptors (Lipinski definition) is 3. The zero-order chi connectivity index (χ0) is 42.8. The summed E-state index contributed by atoms with van der Waals surface area (Å²) in [6.07, 6.45) is 72.5. The molecule has 0 aromatic carbocycles. The van der Waals surface area contributed by atoms with Crippen molar-refractivity contribution in [1.82, 2.24) is 5.32 Å². The van der Waals surface area contributed by atoms with E-state index in [0.29, 0.717) is 12.8 Å². The van der Waals surface area contributed by atoms with Gasteiger partial charge >= 0.3 is 0 Å². The Morgan fingerprint density at radius 1 is 0.424 bits per heavy atom. The molecule has 0 saturated heterocycles. The first-order chi connectivity index (χ1) is 29.2. The van der Waals surface area contributed by atoms with E-state index in [1.54, 1.807) is 0 Å². The summed E-state index contributed by atoms with van der Waals surface area (Å²) in [6.45, 7) is 4.24. The maximum absolute atomic E-state index is 12.4. The average Bonchev–Trinajstić information content (AvgIpc) is 3.24. The zero-order valence-corrected chi connectivity index (χ0v) is 39.0. The van der Waals surface area contributed by atoms with Crippen LogP contribution in [0.4, 0.5) is 0 Å². The van der Waals surface area contributed by atoms with Gasteiger partial charge in [-0.3, -0.25) is 4.79 Å². The zero-order valence-electron chi connectivity index (χ0n) is 39.0. The second-order valence-electron chi connectivity index (χ2n) is 16.9. The molecule has 0 radical (unpaired) electrons. The molecule has 2 atom stereocenters. The smallest absolute Gasteiger partial charge is 0.220 e. The summed E-state index contributed by atoms with van der Waals surface area (Å²) >= 11 is 0. The standard InChI is InChI=1S/C55H97NO3/c1-3-5-7-9-11-13-15-17-19-21-23-25-27-28-29-31-33-35-37-39-41-43-45-47-49-51-55(59)56-53(52-57)54(58)50-48-46-44-42-40-38-36-34-32-30-26-24-22-20-18-16-14-12-10-8-6-4-2/h5,7,11,13,17,19,23,25,28-29,33,35,39,41,53-54,57-58H,3-4,6,8-10,12,14-16,18,20-22,24,26-27,30-32,34,36-38,40,42-52H2,1-2H3,(H,56,59)/b7-5-,13-11-,19-17-,25-23-,29-28-,35-33-,41-39-. The van der Waals surface area contributed by atoms with Crippen molar-refractivity contribution < 1.29 is 15.0 Å². The van der Waals surface area contributed by atoms with Gasteiger partial charge in [0, 0.05) is 6.42 Å². The predicted octanol–water partition coefficient (Wildman–Crippen LogP) is 16.4. The summed E-state index contributed by atoms with van der Waals surface area (Å²) in [5.41, 5.74) is 0. The van der Waals surface area contributed by atoms with Crippen molar-refractivity contribution in [1.29, 1.82) is 0 Å². The van der Waals surface area contributed by atoms with Crippen LogP contribution >= 0.6 is 0 Å². The van der Waals surface area contributed by atoms with Gasteiger partial charge in [0.25, 0.3) is 0 Å². The predicted molar refractivity (Wildman–Crippen MR) is 262 cm³/mol. The van der Waals surface area contributed by atoms with E-state index in [1.165, 1.54) is 128 Å². The summed E-state index contributed by atoms with van der Waals surface area (Å²) in [4.78, 5) is 12.4. The molecule has 0 heterocycles. The first-order valence-electron chi connectivity index (χ1n) is 25.3. The van der Waals surface area contributed by atoms with Gasteiger partial charge in [-0.1, -0.05) is 247 Å². The van der Waals surface area contributed by atoms with Crippen LogP contribution in [0.2, 0.25) is 0 Å². The van der Waals surface area contributed by atoms with E-state index in [4.69, 9.17) is 0 Å². The highest BCUT2D eigenvalue weighted by molar-refractivity contribution is 5.76. The van der Waals surface area contributed by atoms with Gasteiger partial charge in [0.2, 0.25) is 5.91 Å². The molecule has 0 fully saturated rings. The molecule has 0 spiro atoms. The number of hydrogen-bond donors (Lipinski definition) is 3. The molecule has 0 aliphatic carbocycles. The highest BCUT2D eigenvalue weighted by Gasteiger charge is 2.20. The van der Waals surface area contributed by atoms with Crippen molar-refractivity contribution in [2.24, 2.45) is 0 Å². The van der Waals surface area contributed by atoms with Crippen molar-refractivity contribution in [3.63, 3.8) is 0 Å². The minimum atomic E-state index is -0.680. The largest absolute Gasteiger partial charge is 0.394 e. The molecule has 4 nitrogen and oxygen atoms in total. The molecule has 59 heavy (non-hydrogen) atoms. The molecule has 0 saturated carbocycles. The SMILES string of the molecule is CC/C=C\C/C=C\C/C=C\C/C=C\C/C=C\C/C=C\C/C=C\CCCCCC(=O)NC(CO)C(O)CCCCCCCCCCCCCCCCCCCCCCCC. The number of carbonyl (C=O) groups excluding carboxylic acids is 1. The summed E-state index contributed by atoms with van der Waals surface area (Å²) in [5, 5.41) is 23.3. The number of allylic oxidation sites excluding steroid dienone is 14. The van der Waals surface area contributed by atoms with Gasteiger partial charge in [-0.05, 0) is 70.6 Å². The number of aliphatic hydroxyl groups is 2. The number of rotatable bonds is 45. The molecule has 2 unspecified atom stereocenters. The molecule has 0 aliphatic heterocycles. The van der Waals surface area contributed by atoms with Crippen LogP contribution in [0, 0.1) is 0 Å². The highest BCUT2D eigenvalue weighted by atomic mass is 16.3. The number of unbranched alkanes of at least 4 members (excludes halogenated alkanes) is 24. The Kier molecular flexibility index (Phi) is 47.9. The Bertz CT molecular complexity index is 1070. The van der Waals surface area contributed by atoms with Gasteiger partial charge in [-0.25, -0.2) is 0 Å². The van der Waals surface area contributed by atoms with E-state index in [2.05, 4.69) is 104 Å². The van der Waals surface area contributed by atoms with Gasteiger partial charge < -0.3 is 15.5 Å². The second kappa shape index (κ2) is 49.9. The van der Waals surface area contributed by atoms with Gasteiger partial charge in [-0.2, -0.15) is 0 Å². The van der Waals surface area contributed by atoms with Crippen molar-refractivity contribution in [3.8, 4) is 0 Å². The Hall–Kier alpha value is -2.43. The lowest BCUT2D eigenvalue weighted by atomic mass is 10.0. The quantitative estimate of drug-likeness (QED) is 0.0423. The number of carbonyl (C=O) groups is 1. The fourth-order valence-corrected chi connectivity index (χ4v) is 7.34. The summed E-state index contributed by atoms with van der Waals surface area (Å²) in [6, 6.07) is -0.561. The van der Waals surface area contributed by atoms with Crippen LogP contribution in [-0.2, 0) is 4.79 Å². The van der Waals surface area contributed by atoms with E-state index in [-0.39, 0.29) is 12.5 Å². The molecule has 0 aromatic heterocycles. The third kappa shape index (κ3) is 46.5. The molecule has 0 aliphatic rings. The lowest BCUT2D eigenvalue weighted by molar-refractivity contribution is -0.123. The molecule has 340 valence electrons. The van der Waals surface area contributed by atoms with E-state index < -0.39 is 12.1 Å². The first kappa shape index (κ1) is 56.6. The Labute approximate surface area is 367 Å². The Morgan fingerprint density at radius 3 is 1.10 bits per heavy atom. The van der Waals surface area contributed by atoms with Crippen LogP contribution in [-0.4, -0.2) is 34.9 Å². The number of nitrogens with one attached hydrogen (secondary N) is 1. The lowest BCUT2D eigenvalue weighted by Gasteiger charge is -2.22. The molecule has 0 bridgehead atoms. The van der Waals surface area contributed by atoms with Crippen molar-refractivity contribution in [2.75, 3.05) is 6.61 Å². The lowest BCUT2D eigenvalue weighted by Crippen LogP contribution is -2.45. The normalized spacial score (nSPS) is 13.6. The van der Waals surface area contributed by atoms with E-state index in [1.807, 2.05) is 0 Å². The van der Waals surface area contributed by atoms with Gasteiger partial charge in [0.1, 0.15) is 0 Å². The molecular formula is C55H97NO3. The Morgan fingerprint density at radius 2 is 0.746 bits per heavy atom. The third-order valence-corrected chi connectivity index (χ3v) is 11.2. The second-order valence-corrected chi connectivity index (χ2v) is 16.9. The van der Waals surface area contributed by atoms with Crippen LogP contribution in [0.3, 0.4) is 0 Å².